The average molecular weight is 375 g/mol. The zero-order chi connectivity index (χ0) is 16.2. The first-order valence-electron chi connectivity index (χ1n) is 7.68. The van der Waals surface area contributed by atoms with Crippen LogP contribution in [-0.4, -0.2) is 25.2 Å². The van der Waals surface area contributed by atoms with E-state index in [0.29, 0.717) is 13.2 Å². The maximum absolute atomic E-state index is 12.4. The van der Waals surface area contributed by atoms with Gasteiger partial charge in [0.1, 0.15) is 12.4 Å². The van der Waals surface area contributed by atoms with Crippen LogP contribution in [0.15, 0.2) is 53.0 Å². The maximum atomic E-state index is 12.4. The first-order valence-corrected chi connectivity index (χ1v) is 8.48. The minimum absolute atomic E-state index is 0.0677. The van der Waals surface area contributed by atoms with E-state index in [9.17, 15) is 4.79 Å². The average Bonchev–Trinajstić information content (AvgIpc) is 2.89. The lowest BCUT2D eigenvalue weighted by molar-refractivity contribution is 0.240. The molecular weight excluding hydrogens is 356 g/mol. The molecule has 0 saturated heterocycles. The number of nitrogens with one attached hydrogen (secondary N) is 1. The van der Waals surface area contributed by atoms with Crippen molar-refractivity contribution in [2.24, 2.45) is 0 Å². The van der Waals surface area contributed by atoms with Gasteiger partial charge in [-0.2, -0.15) is 0 Å². The van der Waals surface area contributed by atoms with Crippen LogP contribution in [0.2, 0.25) is 0 Å². The third kappa shape index (κ3) is 3.67. The van der Waals surface area contributed by atoms with Crippen LogP contribution in [0.1, 0.15) is 12.5 Å². The fourth-order valence-corrected chi connectivity index (χ4v) is 3.08. The number of ether oxygens (including phenoxy) is 1. The normalized spacial score (nSPS) is 16.1. The van der Waals surface area contributed by atoms with Gasteiger partial charge < -0.3 is 10.1 Å². The van der Waals surface area contributed by atoms with E-state index >= 15 is 0 Å². The number of rotatable bonds is 4. The van der Waals surface area contributed by atoms with Crippen molar-refractivity contribution in [1.82, 2.24) is 5.32 Å². The molecule has 1 atom stereocenters. The molecule has 0 saturated carbocycles. The van der Waals surface area contributed by atoms with Gasteiger partial charge in [-0.15, -0.1) is 0 Å². The number of hydrogen-bond acceptors (Lipinski definition) is 2. The molecule has 2 aromatic rings. The van der Waals surface area contributed by atoms with Gasteiger partial charge in [-0.25, -0.2) is 4.79 Å². The van der Waals surface area contributed by atoms with Gasteiger partial charge in [0.05, 0.1) is 6.54 Å². The summed E-state index contributed by atoms with van der Waals surface area (Å²) in [5.41, 5.74) is 2.23. The fourth-order valence-electron chi connectivity index (χ4n) is 2.82. The molecule has 1 unspecified atom stereocenters. The molecule has 0 aromatic heterocycles. The summed E-state index contributed by atoms with van der Waals surface area (Å²) in [5.74, 6) is 0.794. The second-order valence-corrected chi connectivity index (χ2v) is 6.50. The first kappa shape index (κ1) is 15.9. The monoisotopic (exact) mass is 374 g/mol. The van der Waals surface area contributed by atoms with Gasteiger partial charge in [0.25, 0.3) is 0 Å². The second kappa shape index (κ2) is 7.04. The SMILES string of the molecule is CC1Cc2ccccc2N1C(=O)NCCOc1ccc(Br)cc1. The Morgan fingerprint density at radius 3 is 2.78 bits per heavy atom. The number of carbonyl (C=O) groups excluding carboxylic acids is 1. The number of benzene rings is 2. The third-order valence-corrected chi connectivity index (χ3v) is 4.42. The Morgan fingerprint density at radius 1 is 1.26 bits per heavy atom. The van der Waals surface area contributed by atoms with Crippen LogP contribution in [0.5, 0.6) is 5.75 Å². The van der Waals surface area contributed by atoms with E-state index in [1.165, 1.54) is 5.56 Å². The van der Waals surface area contributed by atoms with E-state index in [2.05, 4.69) is 34.2 Å². The molecule has 120 valence electrons. The van der Waals surface area contributed by atoms with Gasteiger partial charge in [0.2, 0.25) is 0 Å². The van der Waals surface area contributed by atoms with Gasteiger partial charge in [0.15, 0.2) is 0 Å². The quantitative estimate of drug-likeness (QED) is 0.822. The largest absolute Gasteiger partial charge is 0.492 e. The van der Waals surface area contributed by atoms with Crippen LogP contribution >= 0.6 is 15.9 Å². The number of urea groups is 1. The predicted octanol–water partition coefficient (Wildman–Crippen LogP) is 3.99. The van der Waals surface area contributed by atoms with Gasteiger partial charge in [0, 0.05) is 16.2 Å². The highest BCUT2D eigenvalue weighted by atomic mass is 79.9. The summed E-state index contributed by atoms with van der Waals surface area (Å²) in [6.45, 7) is 2.98. The van der Waals surface area contributed by atoms with E-state index in [-0.39, 0.29) is 12.1 Å². The van der Waals surface area contributed by atoms with Crippen LogP contribution in [0, 0.1) is 0 Å². The highest BCUT2D eigenvalue weighted by Crippen LogP contribution is 2.31. The standard InChI is InChI=1S/C18H19BrN2O2/c1-13-12-14-4-2-3-5-17(14)21(13)18(22)20-10-11-23-16-8-6-15(19)7-9-16/h2-9,13H,10-12H2,1H3,(H,20,22). The van der Waals surface area contributed by atoms with Crippen LogP contribution in [0.4, 0.5) is 10.5 Å². The van der Waals surface area contributed by atoms with Crippen molar-refractivity contribution >= 4 is 27.6 Å². The molecule has 4 nitrogen and oxygen atoms in total. The Hall–Kier alpha value is -2.01. The Balaban J connectivity index is 1.51. The number of nitrogens with zero attached hydrogens (tertiary/aromatic N) is 1. The zero-order valence-corrected chi connectivity index (χ0v) is 14.5. The number of halogens is 1. The Morgan fingerprint density at radius 2 is 2.00 bits per heavy atom. The minimum atomic E-state index is -0.0677. The van der Waals surface area contributed by atoms with Crippen molar-refractivity contribution in [3.05, 3.63) is 58.6 Å². The molecule has 0 fully saturated rings. The molecule has 0 bridgehead atoms. The highest BCUT2D eigenvalue weighted by Gasteiger charge is 2.30. The highest BCUT2D eigenvalue weighted by molar-refractivity contribution is 9.10. The number of anilines is 1. The van der Waals surface area contributed by atoms with Crippen LogP contribution in [0.3, 0.4) is 0 Å². The first-order chi connectivity index (χ1) is 11.1. The summed E-state index contributed by atoms with van der Waals surface area (Å²) in [4.78, 5) is 14.3. The molecule has 1 heterocycles. The summed E-state index contributed by atoms with van der Waals surface area (Å²) in [5, 5.41) is 2.93. The molecule has 1 aliphatic heterocycles. The van der Waals surface area contributed by atoms with Crippen molar-refractivity contribution in [3.63, 3.8) is 0 Å². The molecule has 1 N–H and O–H groups in total. The summed E-state index contributed by atoms with van der Waals surface area (Å²) >= 11 is 3.38. The lowest BCUT2D eigenvalue weighted by Gasteiger charge is -2.23. The van der Waals surface area contributed by atoms with Crippen molar-refractivity contribution in [3.8, 4) is 5.75 Å². The molecule has 1 aliphatic rings. The Kier molecular flexibility index (Phi) is 4.86. The van der Waals surface area contributed by atoms with Crippen molar-refractivity contribution in [2.75, 3.05) is 18.1 Å². The topological polar surface area (TPSA) is 41.6 Å². The van der Waals surface area contributed by atoms with Gasteiger partial charge in [-0.05, 0) is 49.2 Å². The van der Waals surface area contributed by atoms with E-state index < -0.39 is 0 Å². The van der Waals surface area contributed by atoms with Crippen molar-refractivity contribution in [1.29, 1.82) is 0 Å². The number of hydrogen-bond donors (Lipinski definition) is 1. The summed E-state index contributed by atoms with van der Waals surface area (Å²) in [6.07, 6.45) is 0.902. The van der Waals surface area contributed by atoms with Crippen LogP contribution in [-0.2, 0) is 6.42 Å². The zero-order valence-electron chi connectivity index (χ0n) is 13.0. The molecule has 23 heavy (non-hydrogen) atoms. The third-order valence-electron chi connectivity index (χ3n) is 3.89. The Labute approximate surface area is 144 Å². The van der Waals surface area contributed by atoms with Crippen molar-refractivity contribution < 1.29 is 9.53 Å². The molecule has 0 spiro atoms. The fraction of sp³-hybridized carbons (Fsp3) is 0.278. The lowest BCUT2D eigenvalue weighted by atomic mass is 10.1. The molecule has 0 radical (unpaired) electrons. The predicted molar refractivity (Wildman–Crippen MR) is 95.1 cm³/mol. The van der Waals surface area contributed by atoms with Gasteiger partial charge in [-0.1, -0.05) is 34.1 Å². The van der Waals surface area contributed by atoms with Crippen LogP contribution in [0.25, 0.3) is 0 Å². The number of amides is 2. The number of para-hydroxylation sites is 1. The molecule has 2 aromatic carbocycles. The lowest BCUT2D eigenvalue weighted by Crippen LogP contribution is -2.44. The van der Waals surface area contributed by atoms with Gasteiger partial charge >= 0.3 is 6.03 Å². The number of fused-ring (bicyclic) bond motifs is 1. The summed E-state index contributed by atoms with van der Waals surface area (Å²) < 4.78 is 6.63. The smallest absolute Gasteiger partial charge is 0.322 e. The van der Waals surface area contributed by atoms with Crippen molar-refractivity contribution in [2.45, 2.75) is 19.4 Å². The Bertz CT molecular complexity index is 688. The second-order valence-electron chi connectivity index (χ2n) is 5.59. The molecular formula is C18H19BrN2O2. The summed E-state index contributed by atoms with van der Waals surface area (Å²) in [6, 6.07) is 15.8. The summed E-state index contributed by atoms with van der Waals surface area (Å²) in [7, 11) is 0. The van der Waals surface area contributed by atoms with E-state index in [1.807, 2.05) is 47.4 Å². The molecule has 2 amide bonds. The van der Waals surface area contributed by atoms with Gasteiger partial charge in [-0.3, -0.25) is 4.90 Å². The molecule has 5 heteroatoms. The van der Waals surface area contributed by atoms with Crippen LogP contribution < -0.4 is 15.0 Å². The van der Waals surface area contributed by atoms with E-state index in [1.54, 1.807) is 0 Å². The van der Waals surface area contributed by atoms with E-state index in [4.69, 9.17) is 4.74 Å². The molecule has 3 rings (SSSR count). The molecule has 0 aliphatic carbocycles. The number of carbonyl (C=O) groups is 1. The maximum Gasteiger partial charge on any atom is 0.322 e. The minimum Gasteiger partial charge on any atom is -0.492 e. The van der Waals surface area contributed by atoms with E-state index in [0.717, 1.165) is 22.3 Å².